The van der Waals surface area contributed by atoms with Gasteiger partial charge in [0.15, 0.2) is 0 Å². The van der Waals surface area contributed by atoms with E-state index in [0.29, 0.717) is 62.7 Å². The molecule has 2 aliphatic rings. The van der Waals surface area contributed by atoms with Gasteiger partial charge in [0.05, 0.1) is 15.1 Å². The number of nitrogens with two attached hydrogens (primary N) is 1. The predicted molar refractivity (Wildman–Crippen MR) is 284 cm³/mol. The summed E-state index contributed by atoms with van der Waals surface area (Å²) in [5, 5.41) is 14.0. The van der Waals surface area contributed by atoms with Crippen molar-refractivity contribution >= 4 is 115 Å². The van der Waals surface area contributed by atoms with Crippen molar-refractivity contribution < 1.29 is 43.8 Å². The van der Waals surface area contributed by atoms with Crippen LogP contribution in [0.1, 0.15) is 65.5 Å². The summed E-state index contributed by atoms with van der Waals surface area (Å²) in [6, 6.07) is 24.8. The first kappa shape index (κ1) is 58.1. The molecule has 0 atom stereocenters. The normalized spacial score (nSPS) is 11.7. The summed E-state index contributed by atoms with van der Waals surface area (Å²) >= 11 is 11.4. The first-order chi connectivity index (χ1) is 34.1. The number of halogens is 5. The number of carbonyl (C=O) groups excluding carboxylic acids is 4. The SMILES string of the molecule is CCN(CC)CC.CNC(=O)c1cccc(Oc2nc(Cl)ncc2Br)c1.CNC(=O)c1cccc(Oc2nc(Nc3ccc4c(c3)CCC(=O)N4)ncc2Br)c1.Nc1ccc2c(c1)CCC(=O)N2.[Cl][Zn][Cl]. The van der Waals surface area contributed by atoms with Crippen LogP contribution in [0.3, 0.4) is 0 Å². The van der Waals surface area contributed by atoms with Gasteiger partial charge in [0.2, 0.25) is 34.8 Å². The second-order valence-corrected chi connectivity index (χ2v) is 21.5. The summed E-state index contributed by atoms with van der Waals surface area (Å²) in [5.74, 6) is 1.64. The van der Waals surface area contributed by atoms with Crippen LogP contribution in [0, 0.1) is 0 Å². The number of fused-ring (bicyclic) bond motifs is 2. The van der Waals surface area contributed by atoms with E-state index in [1.54, 1.807) is 74.9 Å². The van der Waals surface area contributed by atoms with Crippen LogP contribution < -0.4 is 41.8 Å². The van der Waals surface area contributed by atoms with Crippen LogP contribution in [0.25, 0.3) is 0 Å². The molecule has 23 heteroatoms. The number of nitrogens with one attached hydrogen (secondary N) is 5. The fourth-order valence-corrected chi connectivity index (χ4v) is 7.13. The van der Waals surface area contributed by atoms with E-state index in [1.165, 1.54) is 25.8 Å². The minimum absolute atomic E-state index is 0.0294. The Balaban J connectivity index is 0.000000227. The molecule has 4 aromatic carbocycles. The molecule has 0 saturated heterocycles. The third-order valence-corrected chi connectivity index (χ3v) is 11.4. The molecule has 372 valence electrons. The average molecular weight is 1210 g/mol. The van der Waals surface area contributed by atoms with Crippen LogP contribution in [0.2, 0.25) is 5.28 Å². The van der Waals surface area contributed by atoms with Crippen molar-refractivity contribution in [2.24, 2.45) is 0 Å². The molecule has 2 aliphatic heterocycles. The van der Waals surface area contributed by atoms with Gasteiger partial charge in [0.1, 0.15) is 11.5 Å². The number of ether oxygens (including phenoxy) is 2. The van der Waals surface area contributed by atoms with Crippen molar-refractivity contribution in [1.82, 2.24) is 35.5 Å². The van der Waals surface area contributed by atoms with Crippen LogP contribution >= 0.6 is 62.8 Å². The number of nitrogen functional groups attached to an aromatic ring is 1. The van der Waals surface area contributed by atoms with Gasteiger partial charge < -0.3 is 46.7 Å². The Hall–Kier alpha value is -5.47. The number of rotatable bonds is 11. The number of amides is 4. The van der Waals surface area contributed by atoms with Gasteiger partial charge in [-0.1, -0.05) is 32.9 Å². The number of anilines is 5. The topological polar surface area (TPSA) is 228 Å². The predicted octanol–water partition coefficient (Wildman–Crippen LogP) is 10.9. The summed E-state index contributed by atoms with van der Waals surface area (Å²) in [6.07, 6.45) is 5.61. The van der Waals surface area contributed by atoms with Crippen molar-refractivity contribution in [3.63, 3.8) is 0 Å². The number of aromatic nitrogens is 4. The van der Waals surface area contributed by atoms with Gasteiger partial charge in [-0.25, -0.2) is 9.97 Å². The quantitative estimate of drug-likeness (QED) is 0.0404. The number of aryl methyl sites for hydroxylation is 2. The first-order valence-corrected chi connectivity index (χ1v) is 31.8. The van der Waals surface area contributed by atoms with Gasteiger partial charge in [-0.05, 0) is 160 Å². The second-order valence-electron chi connectivity index (χ2n) is 14.8. The van der Waals surface area contributed by atoms with E-state index in [2.05, 4.69) is 104 Å². The molecule has 4 amide bonds. The maximum absolute atomic E-state index is 11.8. The molecule has 0 unspecified atom stereocenters. The summed E-state index contributed by atoms with van der Waals surface area (Å²) in [7, 11) is 13.0. The van der Waals surface area contributed by atoms with Gasteiger partial charge in [-0.15, -0.1) is 0 Å². The zero-order chi connectivity index (χ0) is 51.9. The Morgan fingerprint density at radius 1 is 0.704 bits per heavy atom. The van der Waals surface area contributed by atoms with Gasteiger partial charge in [-0.3, -0.25) is 19.2 Å². The third kappa shape index (κ3) is 19.2. The molecule has 0 spiro atoms. The van der Waals surface area contributed by atoms with E-state index in [4.69, 9.17) is 46.2 Å². The van der Waals surface area contributed by atoms with Crippen molar-refractivity contribution in [2.45, 2.75) is 46.5 Å². The van der Waals surface area contributed by atoms with E-state index in [1.807, 2.05) is 30.3 Å². The molecular formula is C48H52Br2Cl3N11O6Zn. The van der Waals surface area contributed by atoms with Crippen molar-refractivity contribution in [1.29, 1.82) is 0 Å². The van der Waals surface area contributed by atoms with Gasteiger partial charge in [0, 0.05) is 67.0 Å². The van der Waals surface area contributed by atoms with Crippen LogP contribution in [-0.2, 0) is 37.6 Å². The van der Waals surface area contributed by atoms with E-state index in [9.17, 15) is 19.2 Å². The number of hydrogen-bond donors (Lipinski definition) is 6. The monoisotopic (exact) mass is 1210 g/mol. The van der Waals surface area contributed by atoms with Crippen LogP contribution in [0.5, 0.6) is 23.3 Å². The zero-order valence-electron chi connectivity index (χ0n) is 39.5. The summed E-state index contributed by atoms with van der Waals surface area (Å²) in [5.41, 5.74) is 12.1. The molecule has 0 saturated carbocycles. The molecule has 2 aromatic heterocycles. The van der Waals surface area contributed by atoms with E-state index in [0.717, 1.165) is 40.3 Å². The fourth-order valence-electron chi connectivity index (χ4n) is 6.46. The van der Waals surface area contributed by atoms with Crippen LogP contribution in [0.4, 0.5) is 28.7 Å². The molecule has 8 rings (SSSR count). The Morgan fingerprint density at radius 3 is 1.68 bits per heavy atom. The molecule has 0 radical (unpaired) electrons. The number of nitrogens with zero attached hydrogens (tertiary/aromatic N) is 5. The average Bonchev–Trinajstić information content (AvgIpc) is 3.37. The third-order valence-electron chi connectivity index (χ3n) is 10.1. The van der Waals surface area contributed by atoms with Crippen LogP contribution in [0.15, 0.2) is 106 Å². The number of benzene rings is 4. The molecule has 17 nitrogen and oxygen atoms in total. The molecule has 0 fully saturated rings. The molecule has 0 aliphatic carbocycles. The molecule has 7 N–H and O–H groups in total. The molecule has 4 heterocycles. The van der Waals surface area contributed by atoms with Gasteiger partial charge in [0.25, 0.3) is 11.8 Å². The Bertz CT molecular complexity index is 2760. The molecular weight excluding hydrogens is 1160 g/mol. The fraction of sp³-hybridized carbons (Fsp3) is 0.250. The van der Waals surface area contributed by atoms with Crippen molar-refractivity contribution in [2.75, 3.05) is 55.4 Å². The Morgan fingerprint density at radius 2 is 1.18 bits per heavy atom. The number of hydrogen-bond acceptors (Lipinski definition) is 13. The zero-order valence-corrected chi connectivity index (χ0v) is 48.0. The summed E-state index contributed by atoms with van der Waals surface area (Å²) in [6.45, 7) is 10.1. The minimum atomic E-state index is -0.931. The van der Waals surface area contributed by atoms with Crippen molar-refractivity contribution in [3.8, 4) is 23.3 Å². The van der Waals surface area contributed by atoms with E-state index < -0.39 is 15.1 Å². The Labute approximate surface area is 450 Å². The summed E-state index contributed by atoms with van der Waals surface area (Å²) in [4.78, 5) is 64.6. The molecule has 6 aromatic rings. The van der Waals surface area contributed by atoms with Gasteiger partial charge >= 0.3 is 34.5 Å². The standard InChI is InChI=1S/C21H18BrN5O3.C12H9BrClN3O2.C9H10N2O.C6H15N.2ClH.Zn/c1-23-19(29)13-3-2-4-15(10-13)30-20-16(22)11-24-21(27-20)25-14-6-7-17-12(9-14)5-8-18(28)26-17;1-15-10(18)7-3-2-4-8(5-7)19-11-9(13)6-16-12(14)17-11;10-7-2-3-8-6(5-7)1-4-9(12)11-8;1-4-7(5-2)6-3;;;/h2-4,6-7,9-11H,5,8H2,1H3,(H,23,29)(H,26,28)(H,24,25,27);2-6H,1H3,(H,15,18);2-3,5H,1,4,10H2,(H,11,12);4-6H2,1-3H3;2*1H;/q;;;;;;+2/p-2. The van der Waals surface area contributed by atoms with E-state index >= 15 is 0 Å². The first-order valence-electron chi connectivity index (χ1n) is 22.1. The number of carbonyl (C=O) groups is 4. The maximum atomic E-state index is 11.8. The summed E-state index contributed by atoms with van der Waals surface area (Å²) < 4.78 is 12.6. The second kappa shape index (κ2) is 30.4. The van der Waals surface area contributed by atoms with Crippen LogP contribution in [-0.4, -0.2) is 82.2 Å². The molecule has 0 bridgehead atoms. The Kier molecular flexibility index (Phi) is 24.9. The van der Waals surface area contributed by atoms with E-state index in [-0.39, 0.29) is 34.8 Å². The van der Waals surface area contributed by atoms with Gasteiger partial charge in [-0.2, -0.15) is 9.97 Å². The molecule has 71 heavy (non-hydrogen) atoms. The van der Waals surface area contributed by atoms with Crippen molar-refractivity contribution in [3.05, 3.63) is 134 Å².